The highest BCUT2D eigenvalue weighted by Gasteiger charge is 2.13. The van der Waals surface area contributed by atoms with Crippen LogP contribution in [0, 0.1) is 18.3 Å². The molecule has 0 heterocycles. The standard InChI is InChI=1S/C31H24Cl2N2O3/c1-21-2-4-22(5-3-21)19-37-29-13-11-28(12-14-29)35-31(36)25(18-34)16-24-17-27(33)10-15-30(24)38-20-23-6-8-26(32)9-7-23/h2-17H,19-20H2,1H3,(H,35,36)/b25-16+. The Balaban J connectivity index is 1.41. The summed E-state index contributed by atoms with van der Waals surface area (Å²) in [6, 6.07) is 29.4. The highest BCUT2D eigenvalue weighted by atomic mass is 35.5. The van der Waals surface area contributed by atoms with Gasteiger partial charge in [-0.05, 0) is 78.7 Å². The Kier molecular flexibility index (Phi) is 9.05. The van der Waals surface area contributed by atoms with E-state index in [9.17, 15) is 10.1 Å². The Labute approximate surface area is 231 Å². The lowest BCUT2D eigenvalue weighted by Gasteiger charge is -2.11. The molecular weight excluding hydrogens is 519 g/mol. The molecule has 0 spiro atoms. The molecule has 190 valence electrons. The molecule has 1 amide bonds. The zero-order valence-electron chi connectivity index (χ0n) is 20.6. The van der Waals surface area contributed by atoms with E-state index in [4.69, 9.17) is 32.7 Å². The molecule has 7 heteroatoms. The summed E-state index contributed by atoms with van der Waals surface area (Å²) < 4.78 is 11.7. The maximum Gasteiger partial charge on any atom is 0.266 e. The van der Waals surface area contributed by atoms with Crippen molar-refractivity contribution in [1.82, 2.24) is 0 Å². The fourth-order valence-corrected chi connectivity index (χ4v) is 3.80. The maximum absolute atomic E-state index is 12.9. The van der Waals surface area contributed by atoms with Crippen LogP contribution >= 0.6 is 23.2 Å². The fraction of sp³-hybridized carbons (Fsp3) is 0.0968. The number of benzene rings is 4. The van der Waals surface area contributed by atoms with E-state index in [0.29, 0.717) is 39.4 Å². The molecular formula is C31H24Cl2N2O3. The lowest BCUT2D eigenvalue weighted by molar-refractivity contribution is -0.112. The molecule has 0 atom stereocenters. The van der Waals surface area contributed by atoms with Gasteiger partial charge in [0.25, 0.3) is 5.91 Å². The predicted octanol–water partition coefficient (Wildman–Crippen LogP) is 8.01. The number of hydrogen-bond acceptors (Lipinski definition) is 4. The van der Waals surface area contributed by atoms with Crippen molar-refractivity contribution >= 4 is 40.9 Å². The number of anilines is 1. The van der Waals surface area contributed by atoms with Gasteiger partial charge < -0.3 is 14.8 Å². The number of hydrogen-bond donors (Lipinski definition) is 1. The molecule has 0 aliphatic heterocycles. The first-order chi connectivity index (χ1) is 18.4. The van der Waals surface area contributed by atoms with Crippen molar-refractivity contribution in [3.8, 4) is 17.6 Å². The third-order valence-electron chi connectivity index (χ3n) is 5.58. The van der Waals surface area contributed by atoms with Gasteiger partial charge >= 0.3 is 0 Å². The number of nitriles is 1. The van der Waals surface area contributed by atoms with Crippen LogP contribution in [-0.2, 0) is 18.0 Å². The molecule has 4 aromatic carbocycles. The van der Waals surface area contributed by atoms with E-state index in [2.05, 4.69) is 5.32 Å². The number of aryl methyl sites for hydroxylation is 1. The van der Waals surface area contributed by atoms with Crippen LogP contribution in [0.15, 0.2) is 96.6 Å². The fourth-order valence-electron chi connectivity index (χ4n) is 3.49. The summed E-state index contributed by atoms with van der Waals surface area (Å²) >= 11 is 12.1. The third-order valence-corrected chi connectivity index (χ3v) is 6.07. The van der Waals surface area contributed by atoms with Gasteiger partial charge in [0.05, 0.1) is 0 Å². The Morgan fingerprint density at radius 2 is 1.45 bits per heavy atom. The highest BCUT2D eigenvalue weighted by molar-refractivity contribution is 6.31. The number of nitrogens with zero attached hydrogens (tertiary/aromatic N) is 1. The largest absolute Gasteiger partial charge is 0.489 e. The van der Waals surface area contributed by atoms with Crippen molar-refractivity contribution in [3.05, 3.63) is 129 Å². The number of carbonyl (C=O) groups is 1. The van der Waals surface area contributed by atoms with Gasteiger partial charge in [0.15, 0.2) is 0 Å². The summed E-state index contributed by atoms with van der Waals surface area (Å²) in [7, 11) is 0. The molecule has 0 aliphatic rings. The van der Waals surface area contributed by atoms with E-state index in [1.807, 2.05) is 49.4 Å². The average Bonchev–Trinajstić information content (AvgIpc) is 2.92. The summed E-state index contributed by atoms with van der Waals surface area (Å²) in [6.07, 6.45) is 1.46. The minimum absolute atomic E-state index is 0.0942. The topological polar surface area (TPSA) is 71.3 Å². The second kappa shape index (κ2) is 12.8. The van der Waals surface area contributed by atoms with Gasteiger partial charge in [-0.2, -0.15) is 5.26 Å². The maximum atomic E-state index is 12.9. The Morgan fingerprint density at radius 1 is 0.842 bits per heavy atom. The highest BCUT2D eigenvalue weighted by Crippen LogP contribution is 2.27. The molecule has 4 rings (SSSR count). The summed E-state index contributed by atoms with van der Waals surface area (Å²) in [4.78, 5) is 12.9. The Hall–Kier alpha value is -4.24. The van der Waals surface area contributed by atoms with Crippen LogP contribution in [0.3, 0.4) is 0 Å². The van der Waals surface area contributed by atoms with Gasteiger partial charge in [0.2, 0.25) is 0 Å². The van der Waals surface area contributed by atoms with Crippen molar-refractivity contribution < 1.29 is 14.3 Å². The molecule has 0 aliphatic carbocycles. The SMILES string of the molecule is Cc1ccc(COc2ccc(NC(=O)/C(C#N)=C/c3cc(Cl)ccc3OCc3ccc(Cl)cc3)cc2)cc1. The average molecular weight is 543 g/mol. The van der Waals surface area contributed by atoms with Crippen LogP contribution in [-0.4, -0.2) is 5.91 Å². The molecule has 0 radical (unpaired) electrons. The zero-order valence-corrected chi connectivity index (χ0v) is 22.1. The number of nitrogens with one attached hydrogen (secondary N) is 1. The number of carbonyl (C=O) groups excluding carboxylic acids is 1. The zero-order chi connectivity index (χ0) is 26.9. The smallest absolute Gasteiger partial charge is 0.266 e. The van der Waals surface area contributed by atoms with Crippen molar-refractivity contribution in [2.45, 2.75) is 20.1 Å². The van der Waals surface area contributed by atoms with E-state index in [1.54, 1.807) is 54.6 Å². The quantitative estimate of drug-likeness (QED) is 0.172. The lowest BCUT2D eigenvalue weighted by Crippen LogP contribution is -2.13. The second-order valence-electron chi connectivity index (χ2n) is 8.52. The van der Waals surface area contributed by atoms with Gasteiger partial charge in [-0.1, -0.05) is 65.2 Å². The number of ether oxygens (including phenoxy) is 2. The second-order valence-corrected chi connectivity index (χ2v) is 9.39. The van der Waals surface area contributed by atoms with E-state index in [-0.39, 0.29) is 12.2 Å². The first kappa shape index (κ1) is 26.8. The number of amides is 1. The summed E-state index contributed by atoms with van der Waals surface area (Å²) in [6.45, 7) is 2.76. The molecule has 0 fully saturated rings. The molecule has 0 saturated carbocycles. The molecule has 38 heavy (non-hydrogen) atoms. The Bertz CT molecular complexity index is 1470. The first-order valence-corrected chi connectivity index (χ1v) is 12.5. The van der Waals surface area contributed by atoms with Crippen LogP contribution in [0.2, 0.25) is 10.0 Å². The van der Waals surface area contributed by atoms with Crippen LogP contribution < -0.4 is 14.8 Å². The van der Waals surface area contributed by atoms with Gasteiger partial charge in [-0.15, -0.1) is 0 Å². The van der Waals surface area contributed by atoms with E-state index >= 15 is 0 Å². The van der Waals surface area contributed by atoms with Crippen LogP contribution in [0.1, 0.15) is 22.3 Å². The van der Waals surface area contributed by atoms with Gasteiger partial charge in [0, 0.05) is 21.3 Å². The van der Waals surface area contributed by atoms with Crippen molar-refractivity contribution in [2.24, 2.45) is 0 Å². The number of halogens is 2. The van der Waals surface area contributed by atoms with Crippen molar-refractivity contribution in [3.63, 3.8) is 0 Å². The molecule has 0 aromatic heterocycles. The summed E-state index contributed by atoms with van der Waals surface area (Å²) in [5.41, 5.74) is 4.13. The van der Waals surface area contributed by atoms with Gasteiger partial charge in [-0.25, -0.2) is 0 Å². The van der Waals surface area contributed by atoms with Crippen molar-refractivity contribution in [1.29, 1.82) is 5.26 Å². The molecule has 4 aromatic rings. The van der Waals surface area contributed by atoms with Crippen molar-refractivity contribution in [2.75, 3.05) is 5.32 Å². The molecule has 5 nitrogen and oxygen atoms in total. The molecule has 0 saturated heterocycles. The normalized spacial score (nSPS) is 10.9. The third kappa shape index (κ3) is 7.63. The molecule has 1 N–H and O–H groups in total. The monoisotopic (exact) mass is 542 g/mol. The van der Waals surface area contributed by atoms with Crippen LogP contribution in [0.25, 0.3) is 6.08 Å². The minimum Gasteiger partial charge on any atom is -0.489 e. The Morgan fingerprint density at radius 3 is 2.11 bits per heavy atom. The van der Waals surface area contributed by atoms with Crippen LogP contribution in [0.4, 0.5) is 5.69 Å². The van der Waals surface area contributed by atoms with E-state index in [1.165, 1.54) is 11.6 Å². The van der Waals surface area contributed by atoms with Gasteiger partial charge in [0.1, 0.15) is 36.4 Å². The molecule has 0 bridgehead atoms. The minimum atomic E-state index is -0.551. The van der Waals surface area contributed by atoms with E-state index < -0.39 is 5.91 Å². The number of rotatable bonds is 9. The lowest BCUT2D eigenvalue weighted by atomic mass is 10.1. The predicted molar refractivity (Wildman–Crippen MR) is 151 cm³/mol. The van der Waals surface area contributed by atoms with Crippen LogP contribution in [0.5, 0.6) is 11.5 Å². The van der Waals surface area contributed by atoms with E-state index in [0.717, 1.165) is 11.1 Å². The van der Waals surface area contributed by atoms with Gasteiger partial charge in [-0.3, -0.25) is 4.79 Å². The first-order valence-electron chi connectivity index (χ1n) is 11.8. The summed E-state index contributed by atoms with van der Waals surface area (Å²) in [5, 5.41) is 13.5. The molecule has 0 unspecified atom stereocenters. The summed E-state index contributed by atoms with van der Waals surface area (Å²) in [5.74, 6) is 0.602.